The third-order valence-electron chi connectivity index (χ3n) is 3.97. The normalized spacial score (nSPS) is 31.1. The van der Waals surface area contributed by atoms with Crippen LogP contribution in [0.2, 0.25) is 0 Å². The van der Waals surface area contributed by atoms with E-state index in [4.69, 9.17) is 0 Å². The highest BCUT2D eigenvalue weighted by molar-refractivity contribution is 9.10. The molecule has 1 aliphatic carbocycles. The van der Waals surface area contributed by atoms with E-state index in [0.717, 1.165) is 24.8 Å². The molecule has 4 heteroatoms. The Kier molecular flexibility index (Phi) is 5.36. The number of alkyl halides is 1. The summed E-state index contributed by atoms with van der Waals surface area (Å²) in [7, 11) is 3.43. The van der Waals surface area contributed by atoms with Gasteiger partial charge in [0.25, 0.3) is 0 Å². The van der Waals surface area contributed by atoms with Crippen LogP contribution < -0.4 is 0 Å². The lowest BCUT2D eigenvalue weighted by atomic mass is 9.69. The van der Waals surface area contributed by atoms with Crippen LogP contribution in [-0.2, 0) is 9.59 Å². The summed E-state index contributed by atoms with van der Waals surface area (Å²) in [5.74, 6) is -0.447. The van der Waals surface area contributed by atoms with E-state index >= 15 is 0 Å². The topological polar surface area (TPSA) is 37.4 Å². The summed E-state index contributed by atoms with van der Waals surface area (Å²) < 4.78 is -0.146. The molecule has 0 heterocycles. The summed E-state index contributed by atoms with van der Waals surface area (Å²) in [5, 5.41) is 0. The lowest BCUT2D eigenvalue weighted by Crippen LogP contribution is -2.49. The molecule has 0 bridgehead atoms. The van der Waals surface area contributed by atoms with Crippen molar-refractivity contribution < 1.29 is 9.59 Å². The number of carbonyl (C=O) groups excluding carboxylic acids is 2. The molecule has 1 unspecified atom stereocenters. The van der Waals surface area contributed by atoms with Crippen molar-refractivity contribution in [3.8, 4) is 0 Å². The average molecular weight is 330 g/mol. The van der Waals surface area contributed by atoms with E-state index in [1.807, 2.05) is 6.92 Å². The van der Waals surface area contributed by atoms with Crippen molar-refractivity contribution in [1.29, 1.82) is 0 Å². The molecule has 19 heavy (non-hydrogen) atoms. The Labute approximate surface area is 124 Å². The van der Waals surface area contributed by atoms with E-state index in [1.54, 1.807) is 14.1 Å². The first-order chi connectivity index (χ1) is 8.66. The number of ketones is 1. The maximum absolute atomic E-state index is 12.3. The van der Waals surface area contributed by atoms with Gasteiger partial charge in [0.15, 0.2) is 0 Å². The van der Waals surface area contributed by atoms with E-state index < -0.39 is 5.92 Å². The fraction of sp³-hybridized carbons (Fsp3) is 0.733. The van der Waals surface area contributed by atoms with Crippen molar-refractivity contribution in [2.75, 3.05) is 14.1 Å². The van der Waals surface area contributed by atoms with Crippen molar-refractivity contribution >= 4 is 27.6 Å². The lowest BCUT2D eigenvalue weighted by molar-refractivity contribution is -0.144. The second-order valence-electron chi connectivity index (χ2n) is 6.06. The third-order valence-corrected chi connectivity index (χ3v) is 4.96. The third kappa shape index (κ3) is 3.91. The smallest absolute Gasteiger partial charge is 0.232 e. The number of hydrogen-bond acceptors (Lipinski definition) is 2. The standard InChI is InChI=1S/C15H24BrNO2/c1-10(2)6-7-11-13(14(19)17(4)5)12(18)8-9-15(11,3)16/h11,13H,1,6-9H2,2-5H3/t11-,13-,15?/m0/s1. The Bertz CT molecular complexity index is 388. The molecule has 0 spiro atoms. The summed E-state index contributed by atoms with van der Waals surface area (Å²) in [6, 6.07) is 0. The highest BCUT2D eigenvalue weighted by Gasteiger charge is 2.47. The second kappa shape index (κ2) is 6.21. The molecule has 1 rings (SSSR count). The molecule has 108 valence electrons. The van der Waals surface area contributed by atoms with Gasteiger partial charge in [0.1, 0.15) is 11.7 Å². The minimum absolute atomic E-state index is 0.0420. The van der Waals surface area contributed by atoms with E-state index in [2.05, 4.69) is 29.4 Å². The van der Waals surface area contributed by atoms with Crippen LogP contribution in [0.15, 0.2) is 12.2 Å². The van der Waals surface area contributed by atoms with Gasteiger partial charge in [-0.3, -0.25) is 9.59 Å². The van der Waals surface area contributed by atoms with Crippen molar-refractivity contribution in [3.05, 3.63) is 12.2 Å². The number of hydrogen-bond donors (Lipinski definition) is 0. The summed E-state index contributed by atoms with van der Waals surface area (Å²) in [4.78, 5) is 26.0. The molecule has 0 saturated heterocycles. The minimum atomic E-state index is -0.507. The van der Waals surface area contributed by atoms with E-state index in [0.29, 0.717) is 6.42 Å². The quantitative estimate of drug-likeness (QED) is 0.451. The van der Waals surface area contributed by atoms with Crippen molar-refractivity contribution in [3.63, 3.8) is 0 Å². The number of carbonyl (C=O) groups is 2. The Morgan fingerprint density at radius 2 is 2.11 bits per heavy atom. The zero-order chi connectivity index (χ0) is 14.8. The molecule has 0 aromatic heterocycles. The number of Topliss-reactive ketones (excluding diaryl/α,β-unsaturated/α-hetero) is 1. The summed E-state index contributed by atoms with van der Waals surface area (Å²) in [6.45, 7) is 8.00. The first kappa shape index (κ1) is 16.4. The van der Waals surface area contributed by atoms with E-state index in [1.165, 1.54) is 4.90 Å². The number of amides is 1. The van der Waals surface area contributed by atoms with Crippen LogP contribution in [-0.4, -0.2) is 35.0 Å². The molecule has 0 N–H and O–H groups in total. The maximum Gasteiger partial charge on any atom is 0.232 e. The number of halogens is 1. The summed E-state index contributed by atoms with van der Waals surface area (Å²) in [5.41, 5.74) is 1.09. The fourth-order valence-corrected chi connectivity index (χ4v) is 3.43. The zero-order valence-electron chi connectivity index (χ0n) is 12.3. The highest BCUT2D eigenvalue weighted by Crippen LogP contribution is 2.45. The maximum atomic E-state index is 12.3. The van der Waals surface area contributed by atoms with Crippen LogP contribution in [0.4, 0.5) is 0 Å². The molecule has 1 saturated carbocycles. The predicted molar refractivity (Wildman–Crippen MR) is 81.3 cm³/mol. The largest absolute Gasteiger partial charge is 0.348 e. The SMILES string of the molecule is C=C(C)CC[C@H]1[C@H](C(=O)N(C)C)C(=O)CCC1(C)Br. The molecule has 3 nitrogen and oxygen atoms in total. The molecule has 0 aromatic rings. The van der Waals surface area contributed by atoms with Gasteiger partial charge in [-0.1, -0.05) is 21.5 Å². The predicted octanol–water partition coefficient (Wildman–Crippen LogP) is 3.18. The van der Waals surface area contributed by atoms with Gasteiger partial charge in [0.05, 0.1) is 0 Å². The summed E-state index contributed by atoms with van der Waals surface area (Å²) >= 11 is 3.74. The molecule has 3 atom stereocenters. The Morgan fingerprint density at radius 1 is 1.53 bits per heavy atom. The molecule has 0 aromatic carbocycles. The molecule has 1 amide bonds. The summed E-state index contributed by atoms with van der Waals surface area (Å²) in [6.07, 6.45) is 2.96. The van der Waals surface area contributed by atoms with Crippen LogP contribution in [0.25, 0.3) is 0 Å². The number of nitrogens with zero attached hydrogens (tertiary/aromatic N) is 1. The average Bonchev–Trinajstić information content (AvgIpc) is 2.29. The lowest BCUT2D eigenvalue weighted by Gasteiger charge is -2.42. The molecule has 1 fully saturated rings. The van der Waals surface area contributed by atoms with E-state index in [9.17, 15) is 9.59 Å². The number of rotatable bonds is 4. The zero-order valence-corrected chi connectivity index (χ0v) is 13.9. The van der Waals surface area contributed by atoms with Gasteiger partial charge < -0.3 is 4.90 Å². The van der Waals surface area contributed by atoms with Crippen LogP contribution >= 0.6 is 15.9 Å². The molecule has 0 radical (unpaired) electrons. The van der Waals surface area contributed by atoms with Crippen molar-refractivity contribution in [1.82, 2.24) is 4.90 Å². The minimum Gasteiger partial charge on any atom is -0.348 e. The second-order valence-corrected chi connectivity index (χ2v) is 7.87. The fourth-order valence-electron chi connectivity index (χ4n) is 2.74. The Hall–Kier alpha value is -0.640. The van der Waals surface area contributed by atoms with Crippen LogP contribution in [0, 0.1) is 11.8 Å². The van der Waals surface area contributed by atoms with E-state index in [-0.39, 0.29) is 21.9 Å². The Balaban J connectivity index is 3.00. The van der Waals surface area contributed by atoms with Gasteiger partial charge in [-0.2, -0.15) is 0 Å². The molecular formula is C15H24BrNO2. The van der Waals surface area contributed by atoms with Crippen molar-refractivity contribution in [2.45, 2.75) is 43.9 Å². The van der Waals surface area contributed by atoms with Gasteiger partial charge in [-0.25, -0.2) is 0 Å². The number of allylic oxidation sites excluding steroid dienone is 1. The monoisotopic (exact) mass is 329 g/mol. The van der Waals surface area contributed by atoms with Crippen LogP contribution in [0.3, 0.4) is 0 Å². The Morgan fingerprint density at radius 3 is 2.58 bits per heavy atom. The molecule has 0 aliphatic heterocycles. The van der Waals surface area contributed by atoms with Gasteiger partial charge >= 0.3 is 0 Å². The van der Waals surface area contributed by atoms with Crippen LogP contribution in [0.5, 0.6) is 0 Å². The highest BCUT2D eigenvalue weighted by atomic mass is 79.9. The first-order valence-electron chi connectivity index (χ1n) is 6.74. The van der Waals surface area contributed by atoms with Crippen molar-refractivity contribution in [2.24, 2.45) is 11.8 Å². The molecule has 1 aliphatic rings. The van der Waals surface area contributed by atoms with Gasteiger partial charge in [0.2, 0.25) is 5.91 Å². The van der Waals surface area contributed by atoms with Gasteiger partial charge in [-0.15, -0.1) is 6.58 Å². The van der Waals surface area contributed by atoms with Crippen LogP contribution in [0.1, 0.15) is 39.5 Å². The molecular weight excluding hydrogens is 306 g/mol. The van der Waals surface area contributed by atoms with Gasteiger partial charge in [0, 0.05) is 24.8 Å². The first-order valence-corrected chi connectivity index (χ1v) is 7.53. The van der Waals surface area contributed by atoms with Gasteiger partial charge in [-0.05, 0) is 39.0 Å².